The molecule has 0 radical (unpaired) electrons. The fourth-order valence-electron chi connectivity index (χ4n) is 1.58. The molecule has 1 heterocycles. The number of carbonyl (C=O) groups is 1. The van der Waals surface area contributed by atoms with Gasteiger partial charge in [-0.05, 0) is 18.6 Å². The number of aliphatic hydroxyl groups excluding tert-OH is 1. The minimum absolute atomic E-state index is 0.191. The molecular formula is C10H19NO2S. The average Bonchev–Trinajstić information content (AvgIpc) is 2.19. The number of amides is 1. The standard InChI is InChI=1S/C10H19NO2S/c1-2-14-8-5-10(13)11-6-3-9(12)4-7-11/h9,12H,2-8H2,1H3. The zero-order valence-corrected chi connectivity index (χ0v) is 9.55. The van der Waals surface area contributed by atoms with E-state index in [0.717, 1.165) is 37.4 Å². The third-order valence-corrected chi connectivity index (χ3v) is 3.38. The summed E-state index contributed by atoms with van der Waals surface area (Å²) in [6.07, 6.45) is 1.94. The minimum atomic E-state index is -0.191. The SMILES string of the molecule is CCSCCC(=O)N1CCC(O)CC1. The van der Waals surface area contributed by atoms with Gasteiger partial charge in [0.25, 0.3) is 0 Å². The Morgan fingerprint density at radius 2 is 2.14 bits per heavy atom. The number of hydrogen-bond donors (Lipinski definition) is 1. The Bertz CT molecular complexity index is 179. The van der Waals surface area contributed by atoms with Crippen molar-refractivity contribution in [2.24, 2.45) is 0 Å². The van der Waals surface area contributed by atoms with Crippen molar-refractivity contribution in [2.45, 2.75) is 32.3 Å². The van der Waals surface area contributed by atoms with E-state index >= 15 is 0 Å². The lowest BCUT2D eigenvalue weighted by molar-refractivity contribution is -0.132. The van der Waals surface area contributed by atoms with Crippen LogP contribution in [0.3, 0.4) is 0 Å². The van der Waals surface area contributed by atoms with Crippen molar-refractivity contribution >= 4 is 17.7 Å². The van der Waals surface area contributed by atoms with Crippen LogP contribution in [0, 0.1) is 0 Å². The van der Waals surface area contributed by atoms with Crippen LogP contribution in [-0.4, -0.2) is 46.6 Å². The second-order valence-electron chi connectivity index (χ2n) is 3.56. The minimum Gasteiger partial charge on any atom is -0.393 e. The van der Waals surface area contributed by atoms with Gasteiger partial charge < -0.3 is 10.0 Å². The van der Waals surface area contributed by atoms with Gasteiger partial charge in [0.2, 0.25) is 5.91 Å². The lowest BCUT2D eigenvalue weighted by Crippen LogP contribution is -2.40. The van der Waals surface area contributed by atoms with Gasteiger partial charge in [-0.1, -0.05) is 6.92 Å². The van der Waals surface area contributed by atoms with Crippen molar-refractivity contribution in [1.82, 2.24) is 4.90 Å². The van der Waals surface area contributed by atoms with Crippen LogP contribution in [0.2, 0.25) is 0 Å². The summed E-state index contributed by atoms with van der Waals surface area (Å²) in [7, 11) is 0. The summed E-state index contributed by atoms with van der Waals surface area (Å²) >= 11 is 1.80. The zero-order chi connectivity index (χ0) is 10.4. The molecule has 1 rings (SSSR count). The molecule has 0 unspecified atom stereocenters. The first-order valence-electron chi connectivity index (χ1n) is 5.27. The molecule has 0 aromatic carbocycles. The van der Waals surface area contributed by atoms with E-state index in [1.807, 2.05) is 4.90 Å². The molecule has 1 fully saturated rings. The first kappa shape index (κ1) is 11.9. The normalized spacial score (nSPS) is 18.6. The van der Waals surface area contributed by atoms with Crippen LogP contribution in [-0.2, 0) is 4.79 Å². The molecule has 0 bridgehead atoms. The topological polar surface area (TPSA) is 40.5 Å². The van der Waals surface area contributed by atoms with E-state index in [1.54, 1.807) is 11.8 Å². The highest BCUT2D eigenvalue weighted by atomic mass is 32.2. The number of rotatable bonds is 4. The maximum atomic E-state index is 11.6. The Balaban J connectivity index is 2.17. The number of nitrogens with zero attached hydrogens (tertiary/aromatic N) is 1. The molecule has 1 aliphatic heterocycles. The van der Waals surface area contributed by atoms with Crippen molar-refractivity contribution in [3.05, 3.63) is 0 Å². The maximum Gasteiger partial charge on any atom is 0.223 e. The van der Waals surface area contributed by atoms with E-state index in [0.29, 0.717) is 6.42 Å². The fraction of sp³-hybridized carbons (Fsp3) is 0.900. The summed E-state index contributed by atoms with van der Waals surface area (Å²) in [5, 5.41) is 9.28. The highest BCUT2D eigenvalue weighted by molar-refractivity contribution is 7.99. The van der Waals surface area contributed by atoms with Gasteiger partial charge in [0, 0.05) is 25.3 Å². The molecule has 1 N–H and O–H groups in total. The largest absolute Gasteiger partial charge is 0.393 e. The average molecular weight is 217 g/mol. The zero-order valence-electron chi connectivity index (χ0n) is 8.74. The number of carbonyl (C=O) groups excluding carboxylic acids is 1. The van der Waals surface area contributed by atoms with Crippen molar-refractivity contribution in [1.29, 1.82) is 0 Å². The Kier molecular flexibility index (Phi) is 5.33. The van der Waals surface area contributed by atoms with E-state index in [4.69, 9.17) is 0 Å². The van der Waals surface area contributed by atoms with Gasteiger partial charge in [-0.2, -0.15) is 11.8 Å². The summed E-state index contributed by atoms with van der Waals surface area (Å²) < 4.78 is 0. The van der Waals surface area contributed by atoms with Crippen LogP contribution >= 0.6 is 11.8 Å². The lowest BCUT2D eigenvalue weighted by Gasteiger charge is -2.29. The van der Waals surface area contributed by atoms with Crippen molar-refractivity contribution in [2.75, 3.05) is 24.6 Å². The van der Waals surface area contributed by atoms with Gasteiger partial charge in [0.1, 0.15) is 0 Å². The Morgan fingerprint density at radius 3 is 2.71 bits per heavy atom. The molecule has 0 aromatic heterocycles. The second kappa shape index (κ2) is 6.30. The number of piperidine rings is 1. The molecule has 14 heavy (non-hydrogen) atoms. The number of likely N-dealkylation sites (tertiary alicyclic amines) is 1. The lowest BCUT2D eigenvalue weighted by atomic mass is 10.1. The first-order chi connectivity index (χ1) is 6.74. The maximum absolute atomic E-state index is 11.6. The van der Waals surface area contributed by atoms with E-state index in [-0.39, 0.29) is 12.0 Å². The van der Waals surface area contributed by atoms with E-state index < -0.39 is 0 Å². The molecule has 0 aromatic rings. The highest BCUT2D eigenvalue weighted by Gasteiger charge is 2.20. The van der Waals surface area contributed by atoms with Gasteiger partial charge >= 0.3 is 0 Å². The highest BCUT2D eigenvalue weighted by Crippen LogP contribution is 2.12. The van der Waals surface area contributed by atoms with Gasteiger partial charge in [0.05, 0.1) is 6.10 Å². The molecule has 0 saturated carbocycles. The van der Waals surface area contributed by atoms with Crippen molar-refractivity contribution in [3.8, 4) is 0 Å². The van der Waals surface area contributed by atoms with Crippen LogP contribution in [0.25, 0.3) is 0 Å². The quantitative estimate of drug-likeness (QED) is 0.717. The number of thioether (sulfide) groups is 1. The molecule has 3 nitrogen and oxygen atoms in total. The van der Waals surface area contributed by atoms with Crippen LogP contribution in [0.5, 0.6) is 0 Å². The van der Waals surface area contributed by atoms with Gasteiger partial charge in [0.15, 0.2) is 0 Å². The molecule has 0 aliphatic carbocycles. The smallest absolute Gasteiger partial charge is 0.223 e. The summed E-state index contributed by atoms with van der Waals surface area (Å²) in [5.41, 5.74) is 0. The van der Waals surface area contributed by atoms with Crippen LogP contribution < -0.4 is 0 Å². The Labute approximate surface area is 89.9 Å². The summed E-state index contributed by atoms with van der Waals surface area (Å²) in [5.74, 6) is 2.25. The molecule has 1 saturated heterocycles. The second-order valence-corrected chi connectivity index (χ2v) is 4.95. The monoisotopic (exact) mass is 217 g/mol. The molecule has 4 heteroatoms. The molecule has 0 atom stereocenters. The van der Waals surface area contributed by atoms with Crippen molar-refractivity contribution < 1.29 is 9.90 Å². The summed E-state index contributed by atoms with van der Waals surface area (Å²) in [4.78, 5) is 13.5. The Hall–Kier alpha value is -0.220. The molecule has 1 amide bonds. The predicted molar refractivity (Wildman–Crippen MR) is 59.4 cm³/mol. The van der Waals surface area contributed by atoms with E-state index in [1.165, 1.54) is 0 Å². The molecular weight excluding hydrogens is 198 g/mol. The van der Waals surface area contributed by atoms with E-state index in [2.05, 4.69) is 6.92 Å². The molecule has 1 aliphatic rings. The number of aliphatic hydroxyl groups is 1. The van der Waals surface area contributed by atoms with Crippen molar-refractivity contribution in [3.63, 3.8) is 0 Å². The van der Waals surface area contributed by atoms with Gasteiger partial charge in [-0.25, -0.2) is 0 Å². The summed E-state index contributed by atoms with van der Waals surface area (Å²) in [6.45, 7) is 3.57. The third kappa shape index (κ3) is 3.88. The van der Waals surface area contributed by atoms with Crippen LogP contribution in [0.15, 0.2) is 0 Å². The summed E-state index contributed by atoms with van der Waals surface area (Å²) in [6, 6.07) is 0. The van der Waals surface area contributed by atoms with Gasteiger partial charge in [-0.15, -0.1) is 0 Å². The first-order valence-corrected chi connectivity index (χ1v) is 6.43. The third-order valence-electron chi connectivity index (χ3n) is 2.48. The van der Waals surface area contributed by atoms with E-state index in [9.17, 15) is 9.90 Å². The predicted octanol–water partition coefficient (Wildman–Crippen LogP) is 1.11. The van der Waals surface area contributed by atoms with Gasteiger partial charge in [-0.3, -0.25) is 4.79 Å². The molecule has 0 spiro atoms. The Morgan fingerprint density at radius 1 is 1.50 bits per heavy atom. The molecule has 82 valence electrons. The van der Waals surface area contributed by atoms with Crippen LogP contribution in [0.1, 0.15) is 26.2 Å². The fourth-order valence-corrected chi connectivity index (χ4v) is 2.18. The van der Waals surface area contributed by atoms with Crippen LogP contribution in [0.4, 0.5) is 0 Å². The number of hydrogen-bond acceptors (Lipinski definition) is 3.